The highest BCUT2D eigenvalue weighted by Crippen LogP contribution is 2.22. The van der Waals surface area contributed by atoms with E-state index in [1.54, 1.807) is 23.9 Å². The summed E-state index contributed by atoms with van der Waals surface area (Å²) >= 11 is 0. The first-order valence-electron chi connectivity index (χ1n) is 8.63. The number of carbonyl (C=O) groups excluding carboxylic acids is 2. The van der Waals surface area contributed by atoms with Crippen LogP contribution in [0.15, 0.2) is 42.6 Å². The number of carboxylic acids is 1. The summed E-state index contributed by atoms with van der Waals surface area (Å²) in [4.78, 5) is 23.5. The summed E-state index contributed by atoms with van der Waals surface area (Å²) in [5.74, 6) is -1.77. The van der Waals surface area contributed by atoms with Gasteiger partial charge < -0.3 is 15.2 Å². The molecule has 2 rings (SSSR count). The summed E-state index contributed by atoms with van der Waals surface area (Å²) in [5, 5.41) is 18.3. The molecule has 6 nitrogen and oxygen atoms in total. The number of anilines is 1. The minimum Gasteiger partial charge on any atom is -0.550 e. The van der Waals surface area contributed by atoms with Crippen molar-refractivity contribution in [2.45, 2.75) is 39.5 Å². The van der Waals surface area contributed by atoms with Gasteiger partial charge in [-0.05, 0) is 24.5 Å². The number of unbranched alkanes of at least 4 members (excludes halogenated alkanes) is 1. The van der Waals surface area contributed by atoms with E-state index in [-0.39, 0.29) is 18.2 Å². The first-order valence-corrected chi connectivity index (χ1v) is 8.63. The number of rotatable bonds is 9. The second-order valence-electron chi connectivity index (χ2n) is 6.28. The Labute approximate surface area is 147 Å². The van der Waals surface area contributed by atoms with Crippen LogP contribution >= 0.6 is 0 Å². The summed E-state index contributed by atoms with van der Waals surface area (Å²) in [6, 6.07) is 11.3. The highest BCUT2D eigenvalue weighted by atomic mass is 16.4. The van der Waals surface area contributed by atoms with Crippen molar-refractivity contribution < 1.29 is 14.7 Å². The molecule has 134 valence electrons. The van der Waals surface area contributed by atoms with Gasteiger partial charge in [0.15, 0.2) is 5.82 Å². The fraction of sp³-hybridized carbons (Fsp3) is 0.421. The van der Waals surface area contributed by atoms with Gasteiger partial charge in [-0.15, -0.1) is 0 Å². The molecule has 0 saturated carbocycles. The molecule has 0 unspecified atom stereocenters. The topological polar surface area (TPSA) is 87.0 Å². The quantitative estimate of drug-likeness (QED) is 0.758. The maximum atomic E-state index is 12.2. The van der Waals surface area contributed by atoms with E-state index in [1.165, 1.54) is 0 Å². The van der Waals surface area contributed by atoms with Crippen molar-refractivity contribution in [2.24, 2.45) is 11.8 Å². The number of benzene rings is 1. The average Bonchev–Trinajstić information content (AvgIpc) is 3.04. The summed E-state index contributed by atoms with van der Waals surface area (Å²) < 4.78 is 1.67. The largest absolute Gasteiger partial charge is 0.550 e. The van der Waals surface area contributed by atoms with Crippen molar-refractivity contribution >= 4 is 17.7 Å². The minimum absolute atomic E-state index is 0.126. The van der Waals surface area contributed by atoms with E-state index < -0.39 is 11.9 Å². The zero-order chi connectivity index (χ0) is 18.2. The third-order valence-electron chi connectivity index (χ3n) is 4.24. The van der Waals surface area contributed by atoms with E-state index >= 15 is 0 Å². The van der Waals surface area contributed by atoms with Gasteiger partial charge in [0, 0.05) is 30.6 Å². The number of nitrogens with zero attached hydrogens (tertiary/aromatic N) is 2. The van der Waals surface area contributed by atoms with Crippen LogP contribution in [0.2, 0.25) is 0 Å². The normalized spacial score (nSPS) is 13.2. The van der Waals surface area contributed by atoms with Crippen molar-refractivity contribution in [3.8, 4) is 5.69 Å². The predicted octanol–water partition coefficient (Wildman–Crippen LogP) is 2.39. The zero-order valence-electron chi connectivity index (χ0n) is 14.6. The lowest BCUT2D eigenvalue weighted by atomic mass is 9.87. The predicted molar refractivity (Wildman–Crippen MR) is 94.0 cm³/mol. The third-order valence-corrected chi connectivity index (χ3v) is 4.24. The molecule has 0 aliphatic rings. The van der Waals surface area contributed by atoms with Gasteiger partial charge in [0.1, 0.15) is 0 Å². The molecule has 1 aromatic carbocycles. The molecular weight excluding hydrogens is 318 g/mol. The lowest BCUT2D eigenvalue weighted by Gasteiger charge is -2.24. The third kappa shape index (κ3) is 5.45. The minimum atomic E-state index is -1.08. The zero-order valence-corrected chi connectivity index (χ0v) is 14.6. The Balaban J connectivity index is 1.93. The molecule has 6 heteroatoms. The summed E-state index contributed by atoms with van der Waals surface area (Å²) in [6.07, 6.45) is 4.15. The van der Waals surface area contributed by atoms with Gasteiger partial charge in [-0.3, -0.25) is 4.79 Å². The van der Waals surface area contributed by atoms with Gasteiger partial charge in [0.05, 0.1) is 5.69 Å². The van der Waals surface area contributed by atoms with Gasteiger partial charge in [-0.1, -0.05) is 44.9 Å². The van der Waals surface area contributed by atoms with E-state index in [0.717, 1.165) is 18.5 Å². The van der Waals surface area contributed by atoms with Crippen LogP contribution in [0, 0.1) is 11.8 Å². The average molecular weight is 342 g/mol. The number of carbonyl (C=O) groups is 2. The molecule has 0 bridgehead atoms. The Morgan fingerprint density at radius 3 is 2.60 bits per heavy atom. The van der Waals surface area contributed by atoms with Crippen molar-refractivity contribution in [3.63, 3.8) is 0 Å². The Morgan fingerprint density at radius 2 is 1.96 bits per heavy atom. The van der Waals surface area contributed by atoms with Gasteiger partial charge in [-0.25, -0.2) is 4.68 Å². The molecule has 0 radical (unpaired) electrons. The van der Waals surface area contributed by atoms with E-state index in [9.17, 15) is 14.7 Å². The van der Waals surface area contributed by atoms with Crippen LogP contribution in [0.25, 0.3) is 5.69 Å². The number of aromatic nitrogens is 2. The molecule has 2 aromatic rings. The molecule has 1 N–H and O–H groups in total. The van der Waals surface area contributed by atoms with Crippen LogP contribution in [0.3, 0.4) is 0 Å². The molecule has 0 saturated heterocycles. The molecule has 1 aromatic heterocycles. The molecule has 0 aliphatic carbocycles. The van der Waals surface area contributed by atoms with E-state index in [0.29, 0.717) is 12.2 Å². The number of hydrogen-bond acceptors (Lipinski definition) is 4. The Bertz CT molecular complexity index is 697. The van der Waals surface area contributed by atoms with E-state index in [2.05, 4.69) is 10.4 Å². The van der Waals surface area contributed by atoms with E-state index in [4.69, 9.17) is 0 Å². The Hall–Kier alpha value is -2.63. The van der Waals surface area contributed by atoms with Crippen LogP contribution in [-0.4, -0.2) is 21.7 Å². The lowest BCUT2D eigenvalue weighted by Crippen LogP contribution is -2.36. The monoisotopic (exact) mass is 342 g/mol. The maximum Gasteiger partial charge on any atom is 0.225 e. The maximum absolute atomic E-state index is 12.2. The van der Waals surface area contributed by atoms with Gasteiger partial charge >= 0.3 is 0 Å². The van der Waals surface area contributed by atoms with Crippen LogP contribution in [0.1, 0.15) is 39.5 Å². The second kappa shape index (κ2) is 9.01. The summed E-state index contributed by atoms with van der Waals surface area (Å²) in [5.41, 5.74) is 0.896. The number of amides is 1. The Kier molecular flexibility index (Phi) is 6.74. The fourth-order valence-corrected chi connectivity index (χ4v) is 2.80. The molecule has 0 aliphatic heterocycles. The lowest BCUT2D eigenvalue weighted by molar-refractivity contribution is -0.313. The smallest absolute Gasteiger partial charge is 0.225 e. The molecule has 0 spiro atoms. The molecular formula is C19H24N3O3-. The van der Waals surface area contributed by atoms with Crippen molar-refractivity contribution in [2.75, 3.05) is 5.32 Å². The second-order valence-corrected chi connectivity index (χ2v) is 6.28. The van der Waals surface area contributed by atoms with Crippen LogP contribution in [0.5, 0.6) is 0 Å². The SMILES string of the molecule is CCCC[C@H](C(=O)[O-])[C@H](C)CC(=O)Nc1ccn(-c2ccccc2)n1. The number of aliphatic carboxylic acids is 1. The molecule has 1 amide bonds. The highest BCUT2D eigenvalue weighted by molar-refractivity contribution is 5.90. The first kappa shape index (κ1) is 18.7. The number of para-hydroxylation sites is 1. The summed E-state index contributed by atoms with van der Waals surface area (Å²) in [6.45, 7) is 3.78. The van der Waals surface area contributed by atoms with Gasteiger partial charge in [0.2, 0.25) is 5.91 Å². The van der Waals surface area contributed by atoms with Gasteiger partial charge in [-0.2, -0.15) is 5.10 Å². The van der Waals surface area contributed by atoms with Crippen LogP contribution < -0.4 is 10.4 Å². The highest BCUT2D eigenvalue weighted by Gasteiger charge is 2.21. The first-order chi connectivity index (χ1) is 12.0. The number of hydrogen-bond donors (Lipinski definition) is 1. The van der Waals surface area contributed by atoms with Gasteiger partial charge in [0.25, 0.3) is 0 Å². The summed E-state index contributed by atoms with van der Waals surface area (Å²) in [7, 11) is 0. The number of nitrogens with one attached hydrogen (secondary N) is 1. The Morgan fingerprint density at radius 1 is 1.24 bits per heavy atom. The fourth-order valence-electron chi connectivity index (χ4n) is 2.80. The standard InChI is InChI=1S/C19H25N3O3/c1-3-4-10-16(19(24)25)14(2)13-18(23)20-17-11-12-22(21-17)15-8-6-5-7-9-15/h5-9,11-12,14,16H,3-4,10,13H2,1-2H3,(H,24,25)(H,20,21,23)/p-1/t14-,16+/m1/s1. The molecule has 25 heavy (non-hydrogen) atoms. The van der Waals surface area contributed by atoms with Crippen molar-refractivity contribution in [1.82, 2.24) is 9.78 Å². The van der Waals surface area contributed by atoms with Crippen molar-refractivity contribution in [3.05, 3.63) is 42.6 Å². The molecule has 0 fully saturated rings. The van der Waals surface area contributed by atoms with Crippen molar-refractivity contribution in [1.29, 1.82) is 0 Å². The molecule has 1 heterocycles. The van der Waals surface area contributed by atoms with E-state index in [1.807, 2.05) is 37.3 Å². The van der Waals surface area contributed by atoms with Crippen LogP contribution in [-0.2, 0) is 9.59 Å². The van der Waals surface area contributed by atoms with Crippen LogP contribution in [0.4, 0.5) is 5.82 Å². The number of carboxylic acid groups (broad SMARTS) is 1. The molecule has 2 atom stereocenters.